The van der Waals surface area contributed by atoms with E-state index < -0.39 is 18.6 Å². The predicted molar refractivity (Wildman–Crippen MR) is 66.1 cm³/mol. The van der Waals surface area contributed by atoms with Gasteiger partial charge in [-0.25, -0.2) is 0 Å². The lowest BCUT2D eigenvalue weighted by Crippen LogP contribution is -2.19. The normalized spacial score (nSPS) is 12.3. The second-order valence-corrected chi connectivity index (χ2v) is 5.03. The maximum absolute atomic E-state index is 12.0. The molecule has 0 unspecified atom stereocenters. The van der Waals surface area contributed by atoms with Crippen molar-refractivity contribution in [2.75, 3.05) is 0 Å². The number of rotatable bonds is 4. The van der Waals surface area contributed by atoms with Gasteiger partial charge in [-0.1, -0.05) is 32.9 Å². The molecule has 0 bridgehead atoms. The van der Waals surface area contributed by atoms with Gasteiger partial charge in [0.25, 0.3) is 0 Å². The Hall–Kier alpha value is -1.52. The molecule has 0 spiro atoms. The topological polar surface area (TPSA) is 26.3 Å². The molecule has 0 atom stereocenters. The second-order valence-electron chi connectivity index (χ2n) is 5.03. The minimum atomic E-state index is -4.54. The Balaban J connectivity index is 2.70. The molecule has 0 aliphatic heterocycles. The molecule has 0 saturated carbocycles. The molecule has 0 saturated heterocycles. The Morgan fingerprint density at radius 3 is 2.11 bits per heavy atom. The van der Waals surface area contributed by atoms with Gasteiger partial charge in [0, 0.05) is 0 Å². The Morgan fingerprint density at radius 1 is 1.16 bits per heavy atom. The third kappa shape index (κ3) is 4.93. The highest BCUT2D eigenvalue weighted by molar-refractivity contribution is 5.73. The zero-order valence-electron chi connectivity index (χ0n) is 11.2. The van der Waals surface area contributed by atoms with Crippen LogP contribution in [0.2, 0.25) is 0 Å². The monoisotopic (exact) mass is 274 g/mol. The van der Waals surface area contributed by atoms with Crippen molar-refractivity contribution in [3.63, 3.8) is 0 Å². The molecule has 0 heterocycles. The first-order valence-corrected chi connectivity index (χ1v) is 6.02. The van der Waals surface area contributed by atoms with Crippen molar-refractivity contribution in [3.05, 3.63) is 29.8 Å². The molecule has 5 heteroatoms. The highest BCUT2D eigenvalue weighted by Crippen LogP contribution is 2.28. The van der Waals surface area contributed by atoms with Crippen molar-refractivity contribution in [1.29, 1.82) is 0 Å². The summed E-state index contributed by atoms with van der Waals surface area (Å²) in [7, 11) is 0. The summed E-state index contributed by atoms with van der Waals surface area (Å²) in [6.07, 6.45) is -5.18. The third-order valence-corrected chi connectivity index (χ3v) is 3.10. The number of ether oxygens (including phenoxy) is 1. The summed E-state index contributed by atoms with van der Waals surface area (Å²) in [6.45, 7) is 6.19. The highest BCUT2D eigenvalue weighted by atomic mass is 19.4. The van der Waals surface area contributed by atoms with Crippen LogP contribution in [0.3, 0.4) is 0 Å². The molecule has 0 aliphatic rings. The Bertz CT molecular complexity index is 433. The number of carbonyl (C=O) groups excluding carboxylic acids is 1. The molecule has 0 aromatic heterocycles. The van der Waals surface area contributed by atoms with Crippen LogP contribution in [0.15, 0.2) is 24.3 Å². The summed E-state index contributed by atoms with van der Waals surface area (Å²) < 4.78 is 40.6. The lowest BCUT2D eigenvalue weighted by atomic mass is 9.82. The van der Waals surface area contributed by atoms with Crippen LogP contribution in [0.4, 0.5) is 13.2 Å². The zero-order valence-corrected chi connectivity index (χ0v) is 11.2. The van der Waals surface area contributed by atoms with E-state index in [1.807, 2.05) is 0 Å². The molecule has 0 N–H and O–H groups in total. The number of halogens is 3. The summed E-state index contributed by atoms with van der Waals surface area (Å²) in [5, 5.41) is 0. The predicted octanol–water partition coefficient (Wildman–Crippen LogP) is 4.23. The fourth-order valence-electron chi connectivity index (χ4n) is 1.51. The molecule has 1 rings (SSSR count). The van der Waals surface area contributed by atoms with Gasteiger partial charge in [0.2, 0.25) is 0 Å². The number of benzene rings is 1. The van der Waals surface area contributed by atoms with Gasteiger partial charge in [0.05, 0.1) is 0 Å². The molecule has 0 aliphatic carbocycles. The maximum Gasteiger partial charge on any atom is 0.399 e. The fourth-order valence-corrected chi connectivity index (χ4v) is 1.51. The lowest BCUT2D eigenvalue weighted by Gasteiger charge is -2.23. The first-order chi connectivity index (χ1) is 8.64. The Morgan fingerprint density at radius 2 is 1.68 bits per heavy atom. The van der Waals surface area contributed by atoms with Crippen LogP contribution < -0.4 is 4.74 Å². The van der Waals surface area contributed by atoms with Gasteiger partial charge in [-0.2, -0.15) is 13.2 Å². The molecule has 0 radical (unpaired) electrons. The van der Waals surface area contributed by atoms with E-state index in [1.165, 1.54) is 12.1 Å². The number of carbonyl (C=O) groups is 1. The molecule has 19 heavy (non-hydrogen) atoms. The zero-order chi connectivity index (χ0) is 14.7. The summed E-state index contributed by atoms with van der Waals surface area (Å²) in [4.78, 5) is 11.0. The Kier molecular flexibility index (Phi) is 4.61. The lowest BCUT2D eigenvalue weighted by molar-refractivity contribution is -0.163. The molecule has 1 aromatic carbocycles. The maximum atomic E-state index is 12.0. The van der Waals surface area contributed by atoms with E-state index in [0.29, 0.717) is 0 Å². The molecular formula is C14H17F3O2. The van der Waals surface area contributed by atoms with Crippen LogP contribution in [0.5, 0.6) is 5.75 Å². The van der Waals surface area contributed by atoms with Crippen molar-refractivity contribution in [2.24, 2.45) is 0 Å². The average molecular weight is 274 g/mol. The highest BCUT2D eigenvalue weighted by Gasteiger charge is 2.32. The van der Waals surface area contributed by atoms with Crippen molar-refractivity contribution in [2.45, 2.75) is 45.2 Å². The molecule has 0 amide bonds. The van der Waals surface area contributed by atoms with Crippen molar-refractivity contribution in [1.82, 2.24) is 0 Å². The van der Waals surface area contributed by atoms with Gasteiger partial charge in [-0.3, -0.25) is 4.79 Å². The summed E-state index contributed by atoms with van der Waals surface area (Å²) in [5.41, 5.74) is 1.03. The smallest absolute Gasteiger partial charge is 0.399 e. The first kappa shape index (κ1) is 15.5. The summed E-state index contributed by atoms with van der Waals surface area (Å²) in [5.74, 6) is -1.17. The van der Waals surface area contributed by atoms with E-state index >= 15 is 0 Å². The average Bonchev–Trinajstić information content (AvgIpc) is 2.27. The van der Waals surface area contributed by atoms with E-state index in [4.69, 9.17) is 0 Å². The van der Waals surface area contributed by atoms with Gasteiger partial charge in [-0.15, -0.1) is 0 Å². The largest absolute Gasteiger partial charge is 0.426 e. The van der Waals surface area contributed by atoms with E-state index in [2.05, 4.69) is 25.5 Å². The Labute approximate surface area is 110 Å². The van der Waals surface area contributed by atoms with Crippen LogP contribution in [-0.4, -0.2) is 12.1 Å². The summed E-state index contributed by atoms with van der Waals surface area (Å²) in [6, 6.07) is 6.56. The van der Waals surface area contributed by atoms with E-state index in [-0.39, 0.29) is 11.2 Å². The van der Waals surface area contributed by atoms with Crippen molar-refractivity contribution in [3.8, 4) is 5.75 Å². The van der Waals surface area contributed by atoms with Gasteiger partial charge in [0.1, 0.15) is 12.2 Å². The van der Waals surface area contributed by atoms with E-state index in [0.717, 1.165) is 12.0 Å². The minimum Gasteiger partial charge on any atom is -0.426 e. The van der Waals surface area contributed by atoms with Gasteiger partial charge >= 0.3 is 12.1 Å². The number of hydrogen-bond donors (Lipinski definition) is 0. The summed E-state index contributed by atoms with van der Waals surface area (Å²) >= 11 is 0. The van der Waals surface area contributed by atoms with Crippen LogP contribution in [-0.2, 0) is 10.2 Å². The first-order valence-electron chi connectivity index (χ1n) is 6.02. The van der Waals surface area contributed by atoms with E-state index in [1.54, 1.807) is 12.1 Å². The third-order valence-electron chi connectivity index (χ3n) is 3.10. The quantitative estimate of drug-likeness (QED) is 0.606. The molecule has 1 aromatic rings. The molecule has 2 nitrogen and oxygen atoms in total. The van der Waals surface area contributed by atoms with Gasteiger partial charge < -0.3 is 4.74 Å². The fraction of sp³-hybridized carbons (Fsp3) is 0.500. The number of esters is 1. The standard InChI is InChI=1S/C14H17F3O2/c1-4-13(2,3)10-5-7-11(8-6-10)19-12(18)9-14(15,16)17/h5-8H,4,9H2,1-3H3. The van der Waals surface area contributed by atoms with Crippen LogP contribution in [0.1, 0.15) is 39.2 Å². The number of alkyl halides is 3. The van der Waals surface area contributed by atoms with Crippen LogP contribution in [0, 0.1) is 0 Å². The SMILES string of the molecule is CCC(C)(C)c1ccc(OC(=O)CC(F)(F)F)cc1. The van der Waals surface area contributed by atoms with Gasteiger partial charge in [-0.05, 0) is 29.5 Å². The second kappa shape index (κ2) is 5.63. The van der Waals surface area contributed by atoms with Crippen LogP contribution >= 0.6 is 0 Å². The van der Waals surface area contributed by atoms with Gasteiger partial charge in [0.15, 0.2) is 0 Å². The van der Waals surface area contributed by atoms with Crippen molar-refractivity contribution >= 4 is 5.97 Å². The van der Waals surface area contributed by atoms with E-state index in [9.17, 15) is 18.0 Å². The van der Waals surface area contributed by atoms with Crippen molar-refractivity contribution < 1.29 is 22.7 Å². The molecule has 106 valence electrons. The number of hydrogen-bond acceptors (Lipinski definition) is 2. The molecular weight excluding hydrogens is 257 g/mol. The van der Waals surface area contributed by atoms with Crippen LogP contribution in [0.25, 0.3) is 0 Å². The molecule has 0 fully saturated rings. The minimum absolute atomic E-state index is 0.0193.